The van der Waals surface area contributed by atoms with Crippen LogP contribution in [0.1, 0.15) is 41.8 Å². The standard InChI is InChI=1S/C25H35N3O4/c1-3-31-22-7-4-5-8-23(22)32-14-10-27-18(2)15-19-16-20-9-12-28(11-6-13-29)24(20)21(17-19)25(26)30/h4-5,7-8,16-18,27,29H,3,6,9-15H2,1-2H3,(H2,26,30). The summed E-state index contributed by atoms with van der Waals surface area (Å²) in [5.74, 6) is 1.11. The highest BCUT2D eigenvalue weighted by Crippen LogP contribution is 2.33. The molecule has 0 spiro atoms. The highest BCUT2D eigenvalue weighted by atomic mass is 16.5. The minimum absolute atomic E-state index is 0.139. The molecule has 7 heteroatoms. The minimum Gasteiger partial charge on any atom is -0.490 e. The Morgan fingerprint density at radius 2 is 2.00 bits per heavy atom. The van der Waals surface area contributed by atoms with Crippen LogP contribution in [0.25, 0.3) is 0 Å². The molecule has 0 saturated heterocycles. The summed E-state index contributed by atoms with van der Waals surface area (Å²) in [6.07, 6.45) is 2.36. The third kappa shape index (κ3) is 6.14. The molecule has 0 bridgehead atoms. The summed E-state index contributed by atoms with van der Waals surface area (Å²) in [6, 6.07) is 12.0. The molecular weight excluding hydrogens is 406 g/mol. The van der Waals surface area contributed by atoms with Gasteiger partial charge in [-0.25, -0.2) is 0 Å². The molecule has 0 radical (unpaired) electrons. The second-order valence-electron chi connectivity index (χ2n) is 8.12. The highest BCUT2D eigenvalue weighted by Gasteiger charge is 2.25. The summed E-state index contributed by atoms with van der Waals surface area (Å²) >= 11 is 0. The van der Waals surface area contributed by atoms with Gasteiger partial charge in [0.25, 0.3) is 5.91 Å². The number of hydrogen-bond acceptors (Lipinski definition) is 6. The fraction of sp³-hybridized carbons (Fsp3) is 0.480. The number of primary amides is 1. The molecule has 32 heavy (non-hydrogen) atoms. The number of nitrogens with zero attached hydrogens (tertiary/aromatic N) is 1. The smallest absolute Gasteiger partial charge is 0.250 e. The topological polar surface area (TPSA) is 97.1 Å². The maximum absolute atomic E-state index is 12.1. The lowest BCUT2D eigenvalue weighted by Crippen LogP contribution is -2.32. The van der Waals surface area contributed by atoms with Crippen molar-refractivity contribution in [1.82, 2.24) is 5.32 Å². The molecule has 3 rings (SSSR count). The number of carbonyl (C=O) groups excluding carboxylic acids is 1. The molecule has 1 amide bonds. The zero-order valence-corrected chi connectivity index (χ0v) is 19.1. The van der Waals surface area contributed by atoms with Gasteiger partial charge in [0.1, 0.15) is 6.61 Å². The molecule has 2 aromatic rings. The molecule has 1 aliphatic heterocycles. The van der Waals surface area contributed by atoms with E-state index in [0.717, 1.165) is 54.2 Å². The van der Waals surface area contributed by atoms with Crippen LogP contribution in [-0.2, 0) is 12.8 Å². The van der Waals surface area contributed by atoms with E-state index < -0.39 is 5.91 Å². The summed E-state index contributed by atoms with van der Waals surface area (Å²) in [5.41, 5.74) is 9.49. The number of aliphatic hydroxyl groups excluding tert-OH is 1. The van der Waals surface area contributed by atoms with Crippen LogP contribution >= 0.6 is 0 Å². The fourth-order valence-electron chi connectivity index (χ4n) is 4.22. The number of fused-ring (bicyclic) bond motifs is 1. The predicted molar refractivity (Wildman–Crippen MR) is 127 cm³/mol. The molecule has 174 valence electrons. The fourth-order valence-corrected chi connectivity index (χ4v) is 4.22. The number of nitrogens with two attached hydrogens (primary N) is 1. The molecule has 0 fully saturated rings. The number of rotatable bonds is 13. The maximum atomic E-state index is 12.1. The number of nitrogens with one attached hydrogen (secondary N) is 1. The molecule has 0 aromatic heterocycles. The number of para-hydroxylation sites is 2. The van der Waals surface area contributed by atoms with E-state index in [2.05, 4.69) is 23.2 Å². The molecule has 1 aliphatic rings. The van der Waals surface area contributed by atoms with Gasteiger partial charge in [0, 0.05) is 32.3 Å². The van der Waals surface area contributed by atoms with Crippen LogP contribution in [0.5, 0.6) is 11.5 Å². The predicted octanol–water partition coefficient (Wildman–Crippen LogP) is 2.53. The summed E-state index contributed by atoms with van der Waals surface area (Å²) < 4.78 is 11.5. The Kier molecular flexibility index (Phi) is 8.76. The van der Waals surface area contributed by atoms with E-state index in [1.807, 2.05) is 37.3 Å². The molecule has 0 saturated carbocycles. The van der Waals surface area contributed by atoms with Gasteiger partial charge in [-0.05, 0) is 62.4 Å². The van der Waals surface area contributed by atoms with Crippen LogP contribution in [0.2, 0.25) is 0 Å². The Labute approximate surface area is 190 Å². The molecular formula is C25H35N3O4. The molecule has 1 atom stereocenters. The van der Waals surface area contributed by atoms with E-state index in [4.69, 9.17) is 20.3 Å². The van der Waals surface area contributed by atoms with Crippen molar-refractivity contribution in [2.75, 3.05) is 44.4 Å². The summed E-state index contributed by atoms with van der Waals surface area (Å²) in [4.78, 5) is 14.3. The largest absolute Gasteiger partial charge is 0.490 e. The van der Waals surface area contributed by atoms with Gasteiger partial charge in [0.2, 0.25) is 0 Å². The lowest BCUT2D eigenvalue weighted by atomic mass is 9.98. The van der Waals surface area contributed by atoms with Crippen molar-refractivity contribution in [2.45, 2.75) is 39.2 Å². The van der Waals surface area contributed by atoms with Gasteiger partial charge in [0.15, 0.2) is 11.5 Å². The normalized spacial score (nSPS) is 13.7. The van der Waals surface area contributed by atoms with Crippen LogP contribution in [0.4, 0.5) is 5.69 Å². The zero-order valence-electron chi connectivity index (χ0n) is 19.1. The summed E-state index contributed by atoms with van der Waals surface area (Å²) in [7, 11) is 0. The van der Waals surface area contributed by atoms with Gasteiger partial charge in [-0.2, -0.15) is 0 Å². The number of anilines is 1. The van der Waals surface area contributed by atoms with Crippen molar-refractivity contribution in [1.29, 1.82) is 0 Å². The molecule has 4 N–H and O–H groups in total. The number of aliphatic hydroxyl groups is 1. The summed E-state index contributed by atoms with van der Waals surface area (Å²) in [5, 5.41) is 12.6. The number of benzene rings is 2. The zero-order chi connectivity index (χ0) is 22.9. The number of hydrogen-bond donors (Lipinski definition) is 3. The van der Waals surface area contributed by atoms with Gasteiger partial charge in [-0.1, -0.05) is 18.2 Å². The van der Waals surface area contributed by atoms with Crippen molar-refractivity contribution in [2.24, 2.45) is 5.73 Å². The van der Waals surface area contributed by atoms with Gasteiger partial charge in [0.05, 0.1) is 17.9 Å². The van der Waals surface area contributed by atoms with E-state index in [9.17, 15) is 4.79 Å². The number of amides is 1. The molecule has 7 nitrogen and oxygen atoms in total. The monoisotopic (exact) mass is 441 g/mol. The molecule has 1 heterocycles. The first-order chi connectivity index (χ1) is 15.5. The van der Waals surface area contributed by atoms with Crippen LogP contribution in [0, 0.1) is 0 Å². The Hall–Kier alpha value is -2.77. The van der Waals surface area contributed by atoms with E-state index in [1.54, 1.807) is 0 Å². The minimum atomic E-state index is -0.402. The van der Waals surface area contributed by atoms with Crippen molar-refractivity contribution in [3.05, 3.63) is 53.1 Å². The second-order valence-corrected chi connectivity index (χ2v) is 8.12. The Morgan fingerprint density at radius 3 is 2.69 bits per heavy atom. The van der Waals surface area contributed by atoms with Gasteiger partial charge >= 0.3 is 0 Å². The molecule has 2 aromatic carbocycles. The van der Waals surface area contributed by atoms with Crippen molar-refractivity contribution in [3.63, 3.8) is 0 Å². The highest BCUT2D eigenvalue weighted by molar-refractivity contribution is 6.00. The first-order valence-corrected chi connectivity index (χ1v) is 11.4. The van der Waals surface area contributed by atoms with E-state index in [1.165, 1.54) is 0 Å². The summed E-state index contributed by atoms with van der Waals surface area (Å²) in [6.45, 7) is 7.63. The van der Waals surface area contributed by atoms with E-state index >= 15 is 0 Å². The van der Waals surface area contributed by atoms with Crippen LogP contribution < -0.4 is 25.4 Å². The van der Waals surface area contributed by atoms with Crippen molar-refractivity contribution >= 4 is 11.6 Å². The SMILES string of the molecule is CCOc1ccccc1OCCNC(C)Cc1cc2c(c(C(N)=O)c1)N(CCCO)CC2. The van der Waals surface area contributed by atoms with Crippen molar-refractivity contribution in [3.8, 4) is 11.5 Å². The first-order valence-electron chi connectivity index (χ1n) is 11.4. The van der Waals surface area contributed by atoms with E-state index in [-0.39, 0.29) is 12.6 Å². The van der Waals surface area contributed by atoms with Crippen molar-refractivity contribution < 1.29 is 19.4 Å². The van der Waals surface area contributed by atoms with Gasteiger partial charge in [-0.3, -0.25) is 4.79 Å². The van der Waals surface area contributed by atoms with Crippen LogP contribution in [0.3, 0.4) is 0 Å². The van der Waals surface area contributed by atoms with E-state index in [0.29, 0.717) is 31.7 Å². The Balaban J connectivity index is 1.56. The third-order valence-corrected chi connectivity index (χ3v) is 5.61. The lowest BCUT2D eigenvalue weighted by molar-refractivity contribution is 0.100. The van der Waals surface area contributed by atoms with Crippen LogP contribution in [0.15, 0.2) is 36.4 Å². The average molecular weight is 442 g/mol. The number of ether oxygens (including phenoxy) is 2. The third-order valence-electron chi connectivity index (χ3n) is 5.61. The van der Waals surface area contributed by atoms with Gasteiger partial charge in [-0.15, -0.1) is 0 Å². The molecule has 1 unspecified atom stereocenters. The Morgan fingerprint density at radius 1 is 1.25 bits per heavy atom. The first kappa shape index (κ1) is 23.9. The van der Waals surface area contributed by atoms with Gasteiger partial charge < -0.3 is 30.5 Å². The Bertz CT molecular complexity index is 903. The average Bonchev–Trinajstić information content (AvgIpc) is 3.18. The number of carbonyl (C=O) groups is 1. The second kappa shape index (κ2) is 11.7. The maximum Gasteiger partial charge on any atom is 0.250 e. The quantitative estimate of drug-likeness (QED) is 0.413. The lowest BCUT2D eigenvalue weighted by Gasteiger charge is -2.22. The van der Waals surface area contributed by atoms with Crippen LogP contribution in [-0.4, -0.2) is 56.5 Å². The molecule has 0 aliphatic carbocycles.